The minimum atomic E-state index is 0.0158. The van der Waals surface area contributed by atoms with Crippen LogP contribution in [0.5, 0.6) is 0 Å². The molecular formula is C14H28N2O2. The Balaban J connectivity index is 2.46. The zero-order valence-electron chi connectivity index (χ0n) is 12.2. The van der Waals surface area contributed by atoms with E-state index >= 15 is 0 Å². The van der Waals surface area contributed by atoms with Crippen LogP contribution in [0.1, 0.15) is 47.0 Å². The van der Waals surface area contributed by atoms with Crippen molar-refractivity contribution in [3.8, 4) is 0 Å². The summed E-state index contributed by atoms with van der Waals surface area (Å²) in [6, 6.07) is 0.0158. The fraction of sp³-hybridized carbons (Fsp3) is 0.929. The SMILES string of the molecule is CCOCCCN1C(=O)C(CC(C)C)NC1CC. The Morgan fingerprint density at radius 2 is 2.11 bits per heavy atom. The van der Waals surface area contributed by atoms with Gasteiger partial charge in [-0.3, -0.25) is 10.1 Å². The van der Waals surface area contributed by atoms with Crippen LogP contribution in [-0.4, -0.2) is 42.8 Å². The molecule has 4 heteroatoms. The Hall–Kier alpha value is -0.610. The molecule has 0 aliphatic carbocycles. The van der Waals surface area contributed by atoms with Crippen molar-refractivity contribution >= 4 is 5.91 Å². The molecule has 1 heterocycles. The second-order valence-electron chi connectivity index (χ2n) is 5.35. The van der Waals surface area contributed by atoms with Crippen LogP contribution >= 0.6 is 0 Å². The topological polar surface area (TPSA) is 41.6 Å². The van der Waals surface area contributed by atoms with Crippen molar-refractivity contribution in [1.29, 1.82) is 0 Å². The molecule has 1 amide bonds. The molecule has 0 bridgehead atoms. The number of nitrogens with zero attached hydrogens (tertiary/aromatic N) is 1. The summed E-state index contributed by atoms with van der Waals surface area (Å²) < 4.78 is 5.33. The van der Waals surface area contributed by atoms with Crippen molar-refractivity contribution in [2.24, 2.45) is 5.92 Å². The molecule has 0 spiro atoms. The molecular weight excluding hydrogens is 228 g/mol. The number of rotatable bonds is 8. The third kappa shape index (κ3) is 4.25. The molecule has 0 aromatic heterocycles. The molecule has 1 saturated heterocycles. The van der Waals surface area contributed by atoms with Crippen LogP contribution in [0.4, 0.5) is 0 Å². The third-order valence-corrected chi connectivity index (χ3v) is 3.34. The molecule has 4 nitrogen and oxygen atoms in total. The first-order chi connectivity index (χ1) is 8.60. The Kier molecular flexibility index (Phi) is 6.65. The van der Waals surface area contributed by atoms with E-state index in [1.54, 1.807) is 0 Å². The van der Waals surface area contributed by atoms with E-state index in [0.29, 0.717) is 5.92 Å². The highest BCUT2D eigenvalue weighted by Crippen LogP contribution is 2.18. The van der Waals surface area contributed by atoms with Crippen molar-refractivity contribution in [3.05, 3.63) is 0 Å². The molecule has 1 fully saturated rings. The van der Waals surface area contributed by atoms with Crippen LogP contribution in [0.2, 0.25) is 0 Å². The average molecular weight is 256 g/mol. The predicted octanol–water partition coefficient (Wildman–Crippen LogP) is 2.00. The summed E-state index contributed by atoms with van der Waals surface area (Å²) in [5.74, 6) is 0.819. The van der Waals surface area contributed by atoms with Crippen molar-refractivity contribution in [2.75, 3.05) is 19.8 Å². The summed E-state index contributed by atoms with van der Waals surface area (Å²) in [6.45, 7) is 10.7. The maximum Gasteiger partial charge on any atom is 0.241 e. The van der Waals surface area contributed by atoms with Gasteiger partial charge in [-0.1, -0.05) is 20.8 Å². The lowest BCUT2D eigenvalue weighted by molar-refractivity contribution is -0.130. The molecule has 18 heavy (non-hydrogen) atoms. The van der Waals surface area contributed by atoms with Crippen LogP contribution in [0.25, 0.3) is 0 Å². The van der Waals surface area contributed by atoms with Gasteiger partial charge in [-0.25, -0.2) is 0 Å². The second-order valence-corrected chi connectivity index (χ2v) is 5.35. The second kappa shape index (κ2) is 7.74. The van der Waals surface area contributed by atoms with Crippen LogP contribution in [0, 0.1) is 5.92 Å². The molecule has 0 radical (unpaired) electrons. The first-order valence-corrected chi connectivity index (χ1v) is 7.24. The molecule has 1 aliphatic heterocycles. The minimum absolute atomic E-state index is 0.0158. The van der Waals surface area contributed by atoms with Gasteiger partial charge < -0.3 is 9.64 Å². The van der Waals surface area contributed by atoms with Crippen LogP contribution < -0.4 is 5.32 Å². The Bertz CT molecular complexity index is 256. The van der Waals surface area contributed by atoms with E-state index in [2.05, 4.69) is 26.1 Å². The fourth-order valence-corrected chi connectivity index (χ4v) is 2.47. The number of ether oxygens (including phenoxy) is 1. The van der Waals surface area contributed by atoms with E-state index in [-0.39, 0.29) is 18.1 Å². The van der Waals surface area contributed by atoms with Gasteiger partial charge in [0.05, 0.1) is 12.2 Å². The van der Waals surface area contributed by atoms with E-state index in [9.17, 15) is 4.79 Å². The number of nitrogens with one attached hydrogen (secondary N) is 1. The summed E-state index contributed by atoms with van der Waals surface area (Å²) >= 11 is 0. The average Bonchev–Trinajstić information content (AvgIpc) is 2.62. The fourth-order valence-electron chi connectivity index (χ4n) is 2.47. The molecule has 106 valence electrons. The highest BCUT2D eigenvalue weighted by Gasteiger charge is 2.37. The van der Waals surface area contributed by atoms with Crippen molar-refractivity contribution in [3.63, 3.8) is 0 Å². The molecule has 0 aromatic rings. The van der Waals surface area contributed by atoms with Gasteiger partial charge in [0.15, 0.2) is 0 Å². The monoisotopic (exact) mass is 256 g/mol. The van der Waals surface area contributed by atoms with Crippen LogP contribution in [0.3, 0.4) is 0 Å². The molecule has 1 aliphatic rings. The molecule has 1 N–H and O–H groups in total. The van der Waals surface area contributed by atoms with Crippen molar-refractivity contribution in [2.45, 2.75) is 59.2 Å². The van der Waals surface area contributed by atoms with Gasteiger partial charge in [-0.05, 0) is 32.1 Å². The van der Waals surface area contributed by atoms with Gasteiger partial charge in [0.25, 0.3) is 0 Å². The smallest absolute Gasteiger partial charge is 0.241 e. The quantitative estimate of drug-likeness (QED) is 0.675. The molecule has 0 saturated carbocycles. The zero-order chi connectivity index (χ0) is 13.5. The Morgan fingerprint density at radius 1 is 1.39 bits per heavy atom. The predicted molar refractivity (Wildman–Crippen MR) is 73.3 cm³/mol. The van der Waals surface area contributed by atoms with E-state index in [4.69, 9.17) is 4.74 Å². The normalized spacial score (nSPS) is 24.3. The first kappa shape index (κ1) is 15.4. The highest BCUT2D eigenvalue weighted by atomic mass is 16.5. The van der Waals surface area contributed by atoms with Crippen LogP contribution in [-0.2, 0) is 9.53 Å². The Labute approximate surface area is 111 Å². The summed E-state index contributed by atoms with van der Waals surface area (Å²) in [4.78, 5) is 14.3. The summed E-state index contributed by atoms with van der Waals surface area (Å²) in [6.07, 6.45) is 3.03. The molecule has 0 aromatic carbocycles. The maximum atomic E-state index is 12.3. The van der Waals surface area contributed by atoms with Gasteiger partial charge in [-0.15, -0.1) is 0 Å². The maximum absolute atomic E-state index is 12.3. The van der Waals surface area contributed by atoms with Crippen LogP contribution in [0.15, 0.2) is 0 Å². The van der Waals surface area contributed by atoms with Gasteiger partial charge in [0.2, 0.25) is 5.91 Å². The minimum Gasteiger partial charge on any atom is -0.382 e. The number of hydrogen-bond donors (Lipinski definition) is 1. The lowest BCUT2D eigenvalue weighted by Crippen LogP contribution is -2.37. The van der Waals surface area contributed by atoms with E-state index in [0.717, 1.165) is 39.0 Å². The molecule has 1 rings (SSSR count). The molecule has 2 atom stereocenters. The number of amides is 1. The van der Waals surface area contributed by atoms with Crippen molar-refractivity contribution in [1.82, 2.24) is 10.2 Å². The highest BCUT2D eigenvalue weighted by molar-refractivity contribution is 5.84. The van der Waals surface area contributed by atoms with E-state index in [1.807, 2.05) is 11.8 Å². The standard InChI is InChI=1S/C14H28N2O2/c1-5-13-15-12(10-11(3)4)14(17)16(13)8-7-9-18-6-2/h11-13,15H,5-10H2,1-4H3. The van der Waals surface area contributed by atoms with Gasteiger partial charge in [0, 0.05) is 19.8 Å². The Morgan fingerprint density at radius 3 is 2.67 bits per heavy atom. The summed E-state index contributed by atoms with van der Waals surface area (Å²) in [5.41, 5.74) is 0. The van der Waals surface area contributed by atoms with Gasteiger partial charge in [-0.2, -0.15) is 0 Å². The zero-order valence-corrected chi connectivity index (χ0v) is 12.2. The summed E-state index contributed by atoms with van der Waals surface area (Å²) in [5, 5.41) is 3.45. The third-order valence-electron chi connectivity index (χ3n) is 3.34. The van der Waals surface area contributed by atoms with Gasteiger partial charge in [0.1, 0.15) is 0 Å². The number of hydrogen-bond acceptors (Lipinski definition) is 3. The van der Waals surface area contributed by atoms with Crippen molar-refractivity contribution < 1.29 is 9.53 Å². The first-order valence-electron chi connectivity index (χ1n) is 7.24. The largest absolute Gasteiger partial charge is 0.382 e. The summed E-state index contributed by atoms with van der Waals surface area (Å²) in [7, 11) is 0. The number of carbonyl (C=O) groups is 1. The van der Waals surface area contributed by atoms with Gasteiger partial charge >= 0.3 is 0 Å². The van der Waals surface area contributed by atoms with E-state index in [1.165, 1.54) is 0 Å². The number of carbonyl (C=O) groups excluding carboxylic acids is 1. The lowest BCUT2D eigenvalue weighted by atomic mass is 10.0. The molecule has 2 unspecified atom stereocenters. The van der Waals surface area contributed by atoms with E-state index < -0.39 is 0 Å². The lowest BCUT2D eigenvalue weighted by Gasteiger charge is -2.22.